The first-order chi connectivity index (χ1) is 7.37. The molecule has 2 N–H and O–H groups in total. The molecule has 0 bridgehead atoms. The van der Waals surface area contributed by atoms with Crippen molar-refractivity contribution in [2.45, 2.75) is 44.9 Å². The minimum absolute atomic E-state index is 0. The van der Waals surface area contributed by atoms with Crippen molar-refractivity contribution in [3.8, 4) is 0 Å². The molecule has 17 heavy (non-hydrogen) atoms. The Morgan fingerprint density at radius 3 is 2.59 bits per heavy atom. The van der Waals surface area contributed by atoms with Crippen molar-refractivity contribution in [2.75, 3.05) is 18.8 Å². The van der Waals surface area contributed by atoms with Gasteiger partial charge in [0.15, 0.2) is 0 Å². The molecule has 1 fully saturated rings. The zero-order valence-electron chi connectivity index (χ0n) is 11.2. The maximum Gasteiger partial charge on any atom is 0.239 e. The summed E-state index contributed by atoms with van der Waals surface area (Å²) in [5.74, 6) is 1.42. The second-order valence-electron chi connectivity index (χ2n) is 5.28. The smallest absolute Gasteiger partial charge is 0.239 e. The Bertz CT molecular complexity index is 261. The van der Waals surface area contributed by atoms with Crippen molar-refractivity contribution in [1.29, 1.82) is 0 Å². The molecule has 102 valence electrons. The Kier molecular flexibility index (Phi) is 6.89. The van der Waals surface area contributed by atoms with E-state index in [4.69, 9.17) is 5.73 Å². The summed E-state index contributed by atoms with van der Waals surface area (Å²) >= 11 is 1.93. The third kappa shape index (κ3) is 4.68. The number of rotatable bonds is 3. The number of amides is 1. The van der Waals surface area contributed by atoms with Crippen LogP contribution in [0.1, 0.15) is 34.1 Å². The molecule has 0 spiro atoms. The highest BCUT2D eigenvalue weighted by Gasteiger charge is 2.32. The fourth-order valence-corrected chi connectivity index (χ4v) is 3.02. The maximum absolute atomic E-state index is 12.2. The van der Waals surface area contributed by atoms with Crippen molar-refractivity contribution in [3.05, 3.63) is 0 Å². The molecule has 1 aliphatic rings. The number of carbonyl (C=O) groups is 1. The van der Waals surface area contributed by atoms with Gasteiger partial charge in [0.2, 0.25) is 5.91 Å². The number of thioether (sulfide) groups is 1. The molecule has 5 heteroatoms. The Morgan fingerprint density at radius 1 is 1.53 bits per heavy atom. The summed E-state index contributed by atoms with van der Waals surface area (Å²) in [4.78, 5) is 14.1. The van der Waals surface area contributed by atoms with E-state index in [9.17, 15) is 4.79 Å². The molecular weight excluding hydrogens is 256 g/mol. The first-order valence-corrected chi connectivity index (χ1v) is 7.04. The summed E-state index contributed by atoms with van der Waals surface area (Å²) in [6.45, 7) is 10.2. The topological polar surface area (TPSA) is 46.3 Å². The number of halogens is 1. The third-order valence-electron chi connectivity index (χ3n) is 3.28. The Hall–Kier alpha value is 0.0700. The van der Waals surface area contributed by atoms with Crippen LogP contribution in [0.5, 0.6) is 0 Å². The zero-order chi connectivity index (χ0) is 12.3. The standard InChI is InChI=1S/C12H24N2OS.ClH/c1-5-9(2)10(13)11(15)14-6-7-16-12(3,4)8-14;/h9-10H,5-8,13H2,1-4H3;1H. The molecule has 3 nitrogen and oxygen atoms in total. The molecule has 1 aliphatic heterocycles. The Balaban J connectivity index is 0.00000256. The van der Waals surface area contributed by atoms with Crippen molar-refractivity contribution >= 4 is 30.1 Å². The van der Waals surface area contributed by atoms with Gasteiger partial charge in [0.25, 0.3) is 0 Å². The predicted molar refractivity (Wildman–Crippen MR) is 77.8 cm³/mol. The van der Waals surface area contributed by atoms with Gasteiger partial charge in [-0.3, -0.25) is 4.79 Å². The Morgan fingerprint density at radius 2 is 2.12 bits per heavy atom. The third-order valence-corrected chi connectivity index (χ3v) is 4.58. The van der Waals surface area contributed by atoms with Gasteiger partial charge < -0.3 is 10.6 Å². The molecular formula is C12H25ClN2OS. The quantitative estimate of drug-likeness (QED) is 0.862. The fourth-order valence-electron chi connectivity index (χ4n) is 1.91. The van der Waals surface area contributed by atoms with Crippen LogP contribution in [0.3, 0.4) is 0 Å². The van der Waals surface area contributed by atoms with Crippen LogP contribution in [0.15, 0.2) is 0 Å². The van der Waals surface area contributed by atoms with Gasteiger partial charge in [-0.05, 0) is 19.8 Å². The monoisotopic (exact) mass is 280 g/mol. The summed E-state index contributed by atoms with van der Waals surface area (Å²) in [7, 11) is 0. The summed E-state index contributed by atoms with van der Waals surface area (Å²) in [6, 6.07) is -0.330. The van der Waals surface area contributed by atoms with E-state index in [1.807, 2.05) is 23.6 Å². The number of carbonyl (C=O) groups excluding carboxylic acids is 1. The minimum atomic E-state index is -0.330. The van der Waals surface area contributed by atoms with Gasteiger partial charge >= 0.3 is 0 Å². The Labute approximate surface area is 115 Å². The number of hydrogen-bond donors (Lipinski definition) is 1. The minimum Gasteiger partial charge on any atom is -0.339 e. The molecule has 1 amide bonds. The van der Waals surface area contributed by atoms with E-state index >= 15 is 0 Å². The average Bonchev–Trinajstić information content (AvgIpc) is 2.24. The highest BCUT2D eigenvalue weighted by Crippen LogP contribution is 2.29. The lowest BCUT2D eigenvalue weighted by molar-refractivity contribution is -0.134. The summed E-state index contributed by atoms with van der Waals surface area (Å²) in [6.07, 6.45) is 0.957. The summed E-state index contributed by atoms with van der Waals surface area (Å²) < 4.78 is 0.170. The van der Waals surface area contributed by atoms with Gasteiger partial charge in [-0.1, -0.05) is 20.3 Å². The highest BCUT2D eigenvalue weighted by molar-refractivity contribution is 8.00. The van der Waals surface area contributed by atoms with Crippen LogP contribution in [0.2, 0.25) is 0 Å². The highest BCUT2D eigenvalue weighted by atomic mass is 35.5. The van der Waals surface area contributed by atoms with E-state index < -0.39 is 0 Å². The average molecular weight is 281 g/mol. The molecule has 0 aromatic heterocycles. The lowest BCUT2D eigenvalue weighted by Crippen LogP contribution is -2.53. The molecule has 2 unspecified atom stereocenters. The molecule has 0 aromatic carbocycles. The van der Waals surface area contributed by atoms with E-state index in [1.54, 1.807) is 0 Å². The van der Waals surface area contributed by atoms with E-state index in [0.29, 0.717) is 0 Å². The second kappa shape index (κ2) is 6.86. The van der Waals surface area contributed by atoms with Gasteiger partial charge in [0.05, 0.1) is 6.04 Å². The van der Waals surface area contributed by atoms with Crippen LogP contribution < -0.4 is 5.73 Å². The SMILES string of the molecule is CCC(C)C(N)C(=O)N1CCSC(C)(C)C1.Cl. The van der Waals surface area contributed by atoms with Crippen LogP contribution in [0.4, 0.5) is 0 Å². The van der Waals surface area contributed by atoms with Crippen LogP contribution in [-0.4, -0.2) is 40.4 Å². The molecule has 1 heterocycles. The van der Waals surface area contributed by atoms with Crippen LogP contribution in [0, 0.1) is 5.92 Å². The first-order valence-electron chi connectivity index (χ1n) is 6.05. The number of nitrogens with two attached hydrogens (primary N) is 1. The van der Waals surface area contributed by atoms with Gasteiger partial charge in [0, 0.05) is 23.6 Å². The van der Waals surface area contributed by atoms with Gasteiger partial charge in [-0.15, -0.1) is 12.4 Å². The maximum atomic E-state index is 12.2. The molecule has 0 saturated carbocycles. The van der Waals surface area contributed by atoms with Gasteiger partial charge in [-0.25, -0.2) is 0 Å². The van der Waals surface area contributed by atoms with Crippen LogP contribution in [0.25, 0.3) is 0 Å². The number of nitrogens with zero attached hydrogens (tertiary/aromatic N) is 1. The second-order valence-corrected chi connectivity index (χ2v) is 7.08. The van der Waals surface area contributed by atoms with Gasteiger partial charge in [-0.2, -0.15) is 11.8 Å². The molecule has 1 saturated heterocycles. The molecule has 2 atom stereocenters. The van der Waals surface area contributed by atoms with E-state index in [-0.39, 0.29) is 35.0 Å². The van der Waals surface area contributed by atoms with E-state index in [2.05, 4.69) is 20.8 Å². The zero-order valence-corrected chi connectivity index (χ0v) is 12.9. The largest absolute Gasteiger partial charge is 0.339 e. The van der Waals surface area contributed by atoms with Crippen molar-refractivity contribution in [3.63, 3.8) is 0 Å². The van der Waals surface area contributed by atoms with Crippen LogP contribution in [-0.2, 0) is 4.79 Å². The number of hydrogen-bond acceptors (Lipinski definition) is 3. The molecule has 0 radical (unpaired) electrons. The predicted octanol–water partition coefficient (Wildman–Crippen LogP) is 2.14. The van der Waals surface area contributed by atoms with Crippen molar-refractivity contribution in [1.82, 2.24) is 4.90 Å². The van der Waals surface area contributed by atoms with Crippen molar-refractivity contribution in [2.24, 2.45) is 11.7 Å². The molecule has 0 aromatic rings. The van der Waals surface area contributed by atoms with Gasteiger partial charge in [0.1, 0.15) is 0 Å². The van der Waals surface area contributed by atoms with Crippen molar-refractivity contribution < 1.29 is 4.79 Å². The molecule has 1 rings (SSSR count). The first kappa shape index (κ1) is 17.1. The lowest BCUT2D eigenvalue weighted by Gasteiger charge is -2.39. The summed E-state index contributed by atoms with van der Waals surface area (Å²) in [5, 5.41) is 0. The van der Waals surface area contributed by atoms with E-state index in [1.165, 1.54) is 0 Å². The molecule has 0 aliphatic carbocycles. The summed E-state index contributed by atoms with van der Waals surface area (Å²) in [5.41, 5.74) is 5.99. The fraction of sp³-hybridized carbons (Fsp3) is 0.917. The van der Waals surface area contributed by atoms with Crippen LogP contribution >= 0.6 is 24.2 Å². The normalized spacial score (nSPS) is 22.5. The van der Waals surface area contributed by atoms with E-state index in [0.717, 1.165) is 25.3 Å². The lowest BCUT2D eigenvalue weighted by atomic mass is 9.98.